The summed E-state index contributed by atoms with van der Waals surface area (Å²) in [6, 6.07) is 1.21. The molecule has 0 radical (unpaired) electrons. The zero-order valence-corrected chi connectivity index (χ0v) is 10.2. The van der Waals surface area contributed by atoms with Crippen molar-refractivity contribution in [3.8, 4) is 0 Å². The van der Waals surface area contributed by atoms with Gasteiger partial charge in [0.1, 0.15) is 0 Å². The van der Waals surface area contributed by atoms with Crippen LogP contribution in [0.15, 0.2) is 12.3 Å². The van der Waals surface area contributed by atoms with Gasteiger partial charge in [-0.05, 0) is 19.4 Å². The zero-order chi connectivity index (χ0) is 12.6. The van der Waals surface area contributed by atoms with E-state index in [-0.39, 0.29) is 16.7 Å². The normalized spacial score (nSPS) is 24.1. The van der Waals surface area contributed by atoms with Gasteiger partial charge in [0, 0.05) is 19.3 Å². The van der Waals surface area contributed by atoms with Crippen LogP contribution in [0.5, 0.6) is 0 Å². The van der Waals surface area contributed by atoms with Crippen LogP contribution in [0, 0.1) is 11.2 Å². The molecule has 6 heteroatoms. The van der Waals surface area contributed by atoms with Gasteiger partial charge >= 0.3 is 0 Å². The van der Waals surface area contributed by atoms with Gasteiger partial charge in [0.25, 0.3) is 0 Å². The largest absolute Gasteiger partial charge is 0.369 e. The van der Waals surface area contributed by atoms with Crippen LogP contribution in [-0.4, -0.2) is 24.0 Å². The molecular formula is C11H13ClFN3O. The average molecular weight is 258 g/mol. The molecule has 1 fully saturated rings. The molecule has 1 aromatic heterocycles. The van der Waals surface area contributed by atoms with Crippen LogP contribution >= 0.6 is 11.6 Å². The number of anilines is 1. The summed E-state index contributed by atoms with van der Waals surface area (Å²) in [7, 11) is 0. The molecular weight excluding hydrogens is 245 g/mol. The second kappa shape index (κ2) is 4.14. The fraction of sp³-hybridized carbons (Fsp3) is 0.455. The Morgan fingerprint density at radius 2 is 2.41 bits per heavy atom. The van der Waals surface area contributed by atoms with Crippen molar-refractivity contribution in [1.29, 1.82) is 0 Å². The molecule has 0 saturated carbocycles. The molecule has 17 heavy (non-hydrogen) atoms. The number of nitrogens with zero attached hydrogens (tertiary/aromatic N) is 2. The first-order chi connectivity index (χ1) is 7.92. The lowest BCUT2D eigenvalue weighted by molar-refractivity contribution is -0.125. The monoisotopic (exact) mass is 257 g/mol. The molecule has 0 bridgehead atoms. The highest BCUT2D eigenvalue weighted by atomic mass is 35.5. The minimum Gasteiger partial charge on any atom is -0.369 e. The minimum atomic E-state index is -0.617. The maximum Gasteiger partial charge on any atom is 0.225 e. The molecule has 2 N–H and O–H groups in total. The van der Waals surface area contributed by atoms with E-state index in [9.17, 15) is 9.18 Å². The Bertz CT molecular complexity index is 468. The molecule has 1 saturated heterocycles. The molecule has 0 spiro atoms. The van der Waals surface area contributed by atoms with E-state index in [1.165, 1.54) is 12.3 Å². The van der Waals surface area contributed by atoms with Crippen molar-refractivity contribution in [2.24, 2.45) is 11.1 Å². The Morgan fingerprint density at radius 3 is 2.94 bits per heavy atom. The number of aromatic nitrogens is 1. The SMILES string of the molecule is CC1(C(N)=O)CCN(c2ncc(Cl)cc2F)C1. The summed E-state index contributed by atoms with van der Waals surface area (Å²) in [5.41, 5.74) is 4.72. The van der Waals surface area contributed by atoms with Crippen molar-refractivity contribution in [3.05, 3.63) is 23.1 Å². The summed E-state index contributed by atoms with van der Waals surface area (Å²) in [6.07, 6.45) is 1.99. The number of pyridine rings is 1. The lowest BCUT2D eigenvalue weighted by Crippen LogP contribution is -2.37. The van der Waals surface area contributed by atoms with E-state index in [1.54, 1.807) is 11.8 Å². The van der Waals surface area contributed by atoms with Crippen molar-refractivity contribution >= 4 is 23.3 Å². The zero-order valence-electron chi connectivity index (χ0n) is 9.41. The topological polar surface area (TPSA) is 59.2 Å². The van der Waals surface area contributed by atoms with Crippen molar-refractivity contribution in [2.75, 3.05) is 18.0 Å². The number of hydrogen-bond acceptors (Lipinski definition) is 3. The first-order valence-corrected chi connectivity index (χ1v) is 5.66. The highest BCUT2D eigenvalue weighted by Crippen LogP contribution is 2.33. The van der Waals surface area contributed by atoms with Crippen molar-refractivity contribution in [2.45, 2.75) is 13.3 Å². The first kappa shape index (κ1) is 12.1. The molecule has 0 aliphatic carbocycles. The van der Waals surface area contributed by atoms with Gasteiger partial charge in [-0.3, -0.25) is 4.79 Å². The van der Waals surface area contributed by atoms with Crippen LogP contribution in [0.2, 0.25) is 5.02 Å². The van der Waals surface area contributed by atoms with Crippen LogP contribution in [0.3, 0.4) is 0 Å². The molecule has 1 amide bonds. The number of nitrogens with two attached hydrogens (primary N) is 1. The van der Waals surface area contributed by atoms with Crippen molar-refractivity contribution in [1.82, 2.24) is 4.98 Å². The molecule has 1 atom stereocenters. The first-order valence-electron chi connectivity index (χ1n) is 5.28. The van der Waals surface area contributed by atoms with Gasteiger partial charge in [0.15, 0.2) is 11.6 Å². The van der Waals surface area contributed by atoms with Gasteiger partial charge in [-0.1, -0.05) is 11.6 Å². The summed E-state index contributed by atoms with van der Waals surface area (Å²) < 4.78 is 13.7. The van der Waals surface area contributed by atoms with Crippen LogP contribution in [0.1, 0.15) is 13.3 Å². The smallest absolute Gasteiger partial charge is 0.225 e. The third kappa shape index (κ3) is 2.20. The number of rotatable bonds is 2. The maximum atomic E-state index is 13.7. The van der Waals surface area contributed by atoms with Crippen molar-refractivity contribution < 1.29 is 9.18 Å². The van der Waals surface area contributed by atoms with E-state index < -0.39 is 11.2 Å². The van der Waals surface area contributed by atoms with Gasteiger partial charge in [-0.25, -0.2) is 9.37 Å². The summed E-state index contributed by atoms with van der Waals surface area (Å²) in [5, 5.41) is 0.253. The lowest BCUT2D eigenvalue weighted by atomic mass is 9.89. The Morgan fingerprint density at radius 1 is 1.71 bits per heavy atom. The van der Waals surface area contributed by atoms with Crippen molar-refractivity contribution in [3.63, 3.8) is 0 Å². The molecule has 1 aliphatic rings. The van der Waals surface area contributed by atoms with E-state index >= 15 is 0 Å². The highest BCUT2D eigenvalue weighted by molar-refractivity contribution is 6.30. The predicted molar refractivity (Wildman–Crippen MR) is 63.3 cm³/mol. The molecule has 0 aromatic carbocycles. The number of primary amides is 1. The second-order valence-corrected chi connectivity index (χ2v) is 4.99. The van der Waals surface area contributed by atoms with Crippen LogP contribution < -0.4 is 10.6 Å². The van der Waals surface area contributed by atoms with E-state index in [4.69, 9.17) is 17.3 Å². The Hall–Kier alpha value is -1.36. The van der Waals surface area contributed by atoms with E-state index in [0.717, 1.165) is 0 Å². The van der Waals surface area contributed by atoms with Crippen LogP contribution in [-0.2, 0) is 4.79 Å². The maximum absolute atomic E-state index is 13.7. The molecule has 2 rings (SSSR count). The Labute approximate surface area is 104 Å². The summed E-state index contributed by atoms with van der Waals surface area (Å²) in [4.78, 5) is 17.0. The summed E-state index contributed by atoms with van der Waals surface area (Å²) >= 11 is 5.63. The summed E-state index contributed by atoms with van der Waals surface area (Å²) in [6.45, 7) is 2.72. The quantitative estimate of drug-likeness (QED) is 0.875. The van der Waals surface area contributed by atoms with Crippen LogP contribution in [0.25, 0.3) is 0 Å². The Balaban J connectivity index is 2.24. The molecule has 1 unspecified atom stereocenters. The second-order valence-electron chi connectivity index (χ2n) is 4.56. The fourth-order valence-corrected chi connectivity index (χ4v) is 2.13. The van der Waals surface area contributed by atoms with Gasteiger partial charge in [-0.2, -0.15) is 0 Å². The predicted octanol–water partition coefficient (Wildman–Crippen LogP) is 1.58. The van der Waals surface area contributed by atoms with E-state index in [2.05, 4.69) is 4.98 Å². The summed E-state index contributed by atoms with van der Waals surface area (Å²) in [5.74, 6) is -0.625. The Kier molecular flexibility index (Phi) is 2.95. The van der Waals surface area contributed by atoms with Gasteiger partial charge < -0.3 is 10.6 Å². The molecule has 92 valence electrons. The standard InChI is InChI=1S/C11H13ClFN3O/c1-11(10(14)17)2-3-16(6-11)9-8(13)4-7(12)5-15-9/h4-5H,2-3,6H2,1H3,(H2,14,17). The molecule has 1 aromatic rings. The number of carbonyl (C=O) groups is 1. The van der Waals surface area contributed by atoms with E-state index in [0.29, 0.717) is 19.5 Å². The van der Waals surface area contributed by atoms with Gasteiger partial charge in [-0.15, -0.1) is 0 Å². The third-order valence-corrected chi connectivity index (χ3v) is 3.36. The number of carbonyl (C=O) groups excluding carboxylic acids is 1. The number of amides is 1. The van der Waals surface area contributed by atoms with Gasteiger partial charge in [0.2, 0.25) is 5.91 Å². The highest BCUT2D eigenvalue weighted by Gasteiger charge is 2.39. The third-order valence-electron chi connectivity index (χ3n) is 3.16. The number of halogens is 2. The molecule has 4 nitrogen and oxygen atoms in total. The minimum absolute atomic E-state index is 0.222. The van der Waals surface area contributed by atoms with Gasteiger partial charge in [0.05, 0.1) is 10.4 Å². The fourth-order valence-electron chi connectivity index (χ4n) is 1.98. The average Bonchev–Trinajstić information content (AvgIpc) is 2.62. The van der Waals surface area contributed by atoms with Crippen LogP contribution in [0.4, 0.5) is 10.2 Å². The molecule has 1 aliphatic heterocycles. The number of hydrogen-bond donors (Lipinski definition) is 1. The molecule has 2 heterocycles. The van der Waals surface area contributed by atoms with E-state index in [1.807, 2.05) is 0 Å². The lowest BCUT2D eigenvalue weighted by Gasteiger charge is -2.21.